The predicted octanol–water partition coefficient (Wildman–Crippen LogP) is 2.36. The Morgan fingerprint density at radius 2 is 2.05 bits per heavy atom. The summed E-state index contributed by atoms with van der Waals surface area (Å²) in [6.45, 7) is 6.62. The van der Waals surface area contributed by atoms with E-state index >= 15 is 0 Å². The molecule has 4 nitrogen and oxygen atoms in total. The summed E-state index contributed by atoms with van der Waals surface area (Å²) in [6, 6.07) is 4.61. The van der Waals surface area contributed by atoms with E-state index in [4.69, 9.17) is 17.3 Å². The van der Waals surface area contributed by atoms with E-state index in [9.17, 15) is 8.42 Å². The first-order valence-corrected chi connectivity index (χ1v) is 8.56. The number of sulfonamides is 1. The number of rotatable bonds is 5. The van der Waals surface area contributed by atoms with Crippen LogP contribution in [0.4, 0.5) is 0 Å². The molecule has 0 saturated carbocycles. The lowest BCUT2D eigenvalue weighted by Gasteiger charge is -2.22. The van der Waals surface area contributed by atoms with E-state index in [2.05, 4.69) is 16.6 Å². The number of hydrogen-bond donors (Lipinski definition) is 2. The van der Waals surface area contributed by atoms with E-state index in [1.807, 2.05) is 20.8 Å². The summed E-state index contributed by atoms with van der Waals surface area (Å²) in [5.41, 5.74) is 5.83. The Morgan fingerprint density at radius 1 is 1.38 bits per heavy atom. The van der Waals surface area contributed by atoms with Gasteiger partial charge in [0.15, 0.2) is 0 Å². The molecule has 0 atom stereocenters. The molecule has 0 amide bonds. The van der Waals surface area contributed by atoms with Crippen LogP contribution in [-0.2, 0) is 10.0 Å². The van der Waals surface area contributed by atoms with Crippen LogP contribution in [0, 0.1) is 17.3 Å². The van der Waals surface area contributed by atoms with Gasteiger partial charge in [-0.15, -0.1) is 0 Å². The molecule has 0 aliphatic carbocycles. The molecule has 1 rings (SSSR count). The lowest BCUT2D eigenvalue weighted by molar-refractivity contribution is 0.350. The van der Waals surface area contributed by atoms with Crippen molar-refractivity contribution in [3.63, 3.8) is 0 Å². The maximum absolute atomic E-state index is 12.3. The van der Waals surface area contributed by atoms with Crippen LogP contribution in [0.25, 0.3) is 0 Å². The molecule has 1 aromatic carbocycles. The van der Waals surface area contributed by atoms with Gasteiger partial charge in [-0.2, -0.15) is 0 Å². The second kappa shape index (κ2) is 7.28. The van der Waals surface area contributed by atoms with Gasteiger partial charge in [-0.3, -0.25) is 0 Å². The number of nitrogens with two attached hydrogens (primary N) is 1. The molecule has 3 N–H and O–H groups in total. The topological polar surface area (TPSA) is 72.2 Å². The molecule has 21 heavy (non-hydrogen) atoms. The maximum Gasteiger partial charge on any atom is 0.242 e. The molecule has 0 aliphatic rings. The van der Waals surface area contributed by atoms with E-state index in [-0.39, 0.29) is 21.9 Å². The average Bonchev–Trinajstić information content (AvgIpc) is 2.43. The molecule has 0 fully saturated rings. The SMILES string of the molecule is CCC(C)(C)CNS(=O)(=O)c1ccc(C#CCN)cc1Cl. The molecule has 0 unspecified atom stereocenters. The highest BCUT2D eigenvalue weighted by atomic mass is 35.5. The first-order chi connectivity index (χ1) is 9.72. The summed E-state index contributed by atoms with van der Waals surface area (Å²) < 4.78 is 27.2. The lowest BCUT2D eigenvalue weighted by atomic mass is 9.91. The molecular weight excluding hydrogens is 308 g/mol. The summed E-state index contributed by atoms with van der Waals surface area (Å²) >= 11 is 6.06. The molecule has 0 saturated heterocycles. The van der Waals surface area contributed by atoms with Gasteiger partial charge in [-0.1, -0.05) is 44.2 Å². The first kappa shape index (κ1) is 18.0. The van der Waals surface area contributed by atoms with Crippen LogP contribution in [0.3, 0.4) is 0 Å². The Balaban J connectivity index is 2.99. The highest BCUT2D eigenvalue weighted by Gasteiger charge is 2.22. The Bertz CT molecular complexity index is 658. The highest BCUT2D eigenvalue weighted by molar-refractivity contribution is 7.89. The Labute approximate surface area is 132 Å². The number of hydrogen-bond acceptors (Lipinski definition) is 3. The number of benzene rings is 1. The minimum absolute atomic E-state index is 0.0642. The van der Waals surface area contributed by atoms with Crippen molar-refractivity contribution >= 4 is 21.6 Å². The van der Waals surface area contributed by atoms with Crippen LogP contribution in [0.2, 0.25) is 5.02 Å². The van der Waals surface area contributed by atoms with Crippen molar-refractivity contribution in [1.82, 2.24) is 4.72 Å². The molecule has 0 aliphatic heterocycles. The van der Waals surface area contributed by atoms with Crippen LogP contribution >= 0.6 is 11.6 Å². The average molecular weight is 329 g/mol. The Kier molecular flexibility index (Phi) is 6.24. The summed E-state index contributed by atoms with van der Waals surface area (Å²) in [5, 5.41) is 0.153. The van der Waals surface area contributed by atoms with Gasteiger partial charge in [-0.05, 0) is 30.0 Å². The summed E-state index contributed by atoms with van der Waals surface area (Å²) in [5.74, 6) is 5.51. The van der Waals surface area contributed by atoms with Crippen molar-refractivity contribution in [2.24, 2.45) is 11.1 Å². The van der Waals surface area contributed by atoms with Gasteiger partial charge in [0, 0.05) is 12.1 Å². The van der Waals surface area contributed by atoms with Crippen LogP contribution in [0.5, 0.6) is 0 Å². The molecular formula is C15H21ClN2O2S. The highest BCUT2D eigenvalue weighted by Crippen LogP contribution is 2.24. The van der Waals surface area contributed by atoms with Crippen LogP contribution < -0.4 is 10.5 Å². The third kappa shape index (κ3) is 5.33. The summed E-state index contributed by atoms with van der Waals surface area (Å²) in [7, 11) is -3.63. The zero-order valence-electron chi connectivity index (χ0n) is 12.5. The third-order valence-electron chi connectivity index (χ3n) is 3.25. The van der Waals surface area contributed by atoms with Crippen molar-refractivity contribution in [3.8, 4) is 11.8 Å². The van der Waals surface area contributed by atoms with Crippen molar-refractivity contribution in [2.45, 2.75) is 32.1 Å². The van der Waals surface area contributed by atoms with Gasteiger partial charge in [0.05, 0.1) is 11.6 Å². The van der Waals surface area contributed by atoms with Gasteiger partial charge in [0.2, 0.25) is 10.0 Å². The molecule has 0 radical (unpaired) electrons. The van der Waals surface area contributed by atoms with Gasteiger partial charge >= 0.3 is 0 Å². The second-order valence-electron chi connectivity index (χ2n) is 5.49. The van der Waals surface area contributed by atoms with E-state index in [0.717, 1.165) is 6.42 Å². The smallest absolute Gasteiger partial charge is 0.242 e. The molecule has 116 valence electrons. The van der Waals surface area contributed by atoms with Gasteiger partial charge in [-0.25, -0.2) is 13.1 Å². The standard InChI is InChI=1S/C15H21ClN2O2S/c1-4-15(2,3)11-18-21(19,20)14-8-7-12(6-5-9-17)10-13(14)16/h7-8,10,18H,4,9,11,17H2,1-3H3. The molecule has 1 aromatic rings. The minimum atomic E-state index is -3.63. The molecule has 0 spiro atoms. The summed E-state index contributed by atoms with van der Waals surface area (Å²) in [6.07, 6.45) is 0.872. The molecule has 6 heteroatoms. The zero-order chi connectivity index (χ0) is 16.1. The van der Waals surface area contributed by atoms with E-state index < -0.39 is 10.0 Å². The Hall–Kier alpha value is -1.06. The third-order valence-corrected chi connectivity index (χ3v) is 5.14. The van der Waals surface area contributed by atoms with Crippen molar-refractivity contribution in [2.75, 3.05) is 13.1 Å². The van der Waals surface area contributed by atoms with Crippen molar-refractivity contribution in [3.05, 3.63) is 28.8 Å². The fourth-order valence-electron chi connectivity index (χ4n) is 1.44. The van der Waals surface area contributed by atoms with Crippen molar-refractivity contribution < 1.29 is 8.42 Å². The normalized spacial score (nSPS) is 11.9. The van der Waals surface area contributed by atoms with E-state index in [1.165, 1.54) is 12.1 Å². The monoisotopic (exact) mass is 328 g/mol. The Morgan fingerprint density at radius 3 is 2.57 bits per heavy atom. The van der Waals surface area contributed by atoms with Crippen molar-refractivity contribution in [1.29, 1.82) is 0 Å². The first-order valence-electron chi connectivity index (χ1n) is 6.70. The molecule has 0 bridgehead atoms. The predicted molar refractivity (Wildman–Crippen MR) is 86.6 cm³/mol. The lowest BCUT2D eigenvalue weighted by Crippen LogP contribution is -2.33. The largest absolute Gasteiger partial charge is 0.320 e. The van der Waals surface area contributed by atoms with Crippen LogP contribution in [-0.4, -0.2) is 21.5 Å². The molecule has 0 heterocycles. The van der Waals surface area contributed by atoms with Gasteiger partial charge in [0.1, 0.15) is 4.90 Å². The van der Waals surface area contributed by atoms with Crippen LogP contribution in [0.15, 0.2) is 23.1 Å². The van der Waals surface area contributed by atoms with E-state index in [0.29, 0.717) is 12.1 Å². The number of nitrogens with one attached hydrogen (secondary N) is 1. The fourth-order valence-corrected chi connectivity index (χ4v) is 3.23. The number of halogens is 1. The fraction of sp³-hybridized carbons (Fsp3) is 0.467. The summed E-state index contributed by atoms with van der Waals surface area (Å²) in [4.78, 5) is 0.0642. The van der Waals surface area contributed by atoms with Gasteiger partial charge in [0.25, 0.3) is 0 Å². The van der Waals surface area contributed by atoms with Crippen LogP contribution in [0.1, 0.15) is 32.8 Å². The zero-order valence-corrected chi connectivity index (χ0v) is 14.1. The quantitative estimate of drug-likeness (QED) is 0.815. The second-order valence-corrected chi connectivity index (χ2v) is 7.64. The maximum atomic E-state index is 12.3. The molecule has 0 aromatic heterocycles. The minimum Gasteiger partial charge on any atom is -0.320 e. The van der Waals surface area contributed by atoms with Gasteiger partial charge < -0.3 is 5.73 Å². The van der Waals surface area contributed by atoms with E-state index in [1.54, 1.807) is 6.07 Å².